The van der Waals surface area contributed by atoms with Gasteiger partial charge in [0, 0.05) is 0 Å². The molecule has 1 fully saturated rings. The lowest BCUT2D eigenvalue weighted by molar-refractivity contribution is -0.113. The third-order valence-electron chi connectivity index (χ3n) is 3.87. The van der Waals surface area contributed by atoms with Crippen molar-refractivity contribution < 1.29 is 9.53 Å². The number of carbonyl (C=O) groups is 1. The lowest BCUT2D eigenvalue weighted by Gasteiger charge is -2.19. The maximum Gasteiger partial charge on any atom is 0.270 e. The van der Waals surface area contributed by atoms with Gasteiger partial charge in [0.1, 0.15) is 5.75 Å². The van der Waals surface area contributed by atoms with Crippen molar-refractivity contribution in [1.29, 1.82) is 0 Å². The van der Waals surface area contributed by atoms with Crippen molar-refractivity contribution in [1.82, 2.24) is 0 Å². The van der Waals surface area contributed by atoms with E-state index in [1.54, 1.807) is 12.0 Å². The summed E-state index contributed by atoms with van der Waals surface area (Å²) in [7, 11) is 1.63. The Labute approximate surface area is 151 Å². The molecule has 0 bridgehead atoms. The lowest BCUT2D eigenvalue weighted by atomic mass is 10.1. The van der Waals surface area contributed by atoms with Crippen molar-refractivity contribution in [3.63, 3.8) is 0 Å². The van der Waals surface area contributed by atoms with Crippen molar-refractivity contribution in [2.75, 3.05) is 12.0 Å². The van der Waals surface area contributed by atoms with Crippen LogP contribution in [0.15, 0.2) is 47.4 Å². The Bertz CT molecular complexity index is 821. The quantitative estimate of drug-likeness (QED) is 0.589. The summed E-state index contributed by atoms with van der Waals surface area (Å²) in [6.07, 6.45) is 1.87. The monoisotopic (exact) mass is 355 g/mol. The number of hydrogen-bond acceptors (Lipinski definition) is 4. The van der Waals surface area contributed by atoms with Crippen LogP contribution in [0, 0.1) is 13.8 Å². The van der Waals surface area contributed by atoms with E-state index in [0.717, 1.165) is 28.1 Å². The third-order valence-corrected chi connectivity index (χ3v) is 5.17. The summed E-state index contributed by atoms with van der Waals surface area (Å²) in [5, 5.41) is 0. The molecule has 1 aliphatic rings. The van der Waals surface area contributed by atoms with Gasteiger partial charge in [-0.1, -0.05) is 54.3 Å². The normalized spacial score (nSPS) is 16.1. The number of para-hydroxylation sites is 1. The van der Waals surface area contributed by atoms with Crippen LogP contribution >= 0.6 is 24.0 Å². The average Bonchev–Trinajstić information content (AvgIpc) is 2.83. The molecule has 0 atom stereocenters. The Hall–Kier alpha value is -2.11. The van der Waals surface area contributed by atoms with Crippen LogP contribution in [0.2, 0.25) is 0 Å². The van der Waals surface area contributed by atoms with Crippen LogP contribution < -0.4 is 9.64 Å². The van der Waals surface area contributed by atoms with Crippen molar-refractivity contribution in [3.05, 3.63) is 64.1 Å². The summed E-state index contributed by atoms with van der Waals surface area (Å²) in [4.78, 5) is 15.1. The first kappa shape index (κ1) is 16.7. The molecule has 0 unspecified atom stereocenters. The first-order chi connectivity index (χ1) is 11.5. The Morgan fingerprint density at radius 3 is 2.29 bits per heavy atom. The van der Waals surface area contributed by atoms with Gasteiger partial charge in [0.05, 0.1) is 17.7 Å². The van der Waals surface area contributed by atoms with Crippen LogP contribution in [-0.4, -0.2) is 17.3 Å². The number of thiocarbonyl (C=S) groups is 1. The smallest absolute Gasteiger partial charge is 0.270 e. The van der Waals surface area contributed by atoms with Gasteiger partial charge in [-0.3, -0.25) is 9.69 Å². The summed E-state index contributed by atoms with van der Waals surface area (Å²) in [6.45, 7) is 3.99. The second-order valence-corrected chi connectivity index (χ2v) is 7.21. The van der Waals surface area contributed by atoms with Crippen LogP contribution in [0.25, 0.3) is 6.08 Å². The van der Waals surface area contributed by atoms with Gasteiger partial charge in [-0.2, -0.15) is 0 Å². The minimum Gasteiger partial charge on any atom is -0.497 e. The topological polar surface area (TPSA) is 29.5 Å². The second-order valence-electron chi connectivity index (χ2n) is 5.53. The minimum absolute atomic E-state index is 0.0711. The van der Waals surface area contributed by atoms with Crippen molar-refractivity contribution in [2.24, 2.45) is 0 Å². The zero-order valence-electron chi connectivity index (χ0n) is 13.7. The van der Waals surface area contributed by atoms with Crippen LogP contribution in [0.3, 0.4) is 0 Å². The molecule has 0 aliphatic carbocycles. The fourth-order valence-electron chi connectivity index (χ4n) is 2.67. The molecule has 24 heavy (non-hydrogen) atoms. The minimum atomic E-state index is -0.0711. The van der Waals surface area contributed by atoms with Gasteiger partial charge in [-0.15, -0.1) is 0 Å². The molecule has 0 aromatic heterocycles. The standard InChI is InChI=1S/C19H17NO2S2/c1-12-5-4-6-13(2)17(12)20-18(21)16(24-19(20)23)11-14-7-9-15(22-3)10-8-14/h4-11H,1-3H3/b16-11-. The fraction of sp³-hybridized carbons (Fsp3) is 0.158. The fourth-order valence-corrected chi connectivity index (χ4v) is 3.94. The summed E-state index contributed by atoms with van der Waals surface area (Å²) in [5.74, 6) is 0.716. The Morgan fingerprint density at radius 1 is 1.08 bits per heavy atom. The molecule has 122 valence electrons. The largest absolute Gasteiger partial charge is 0.497 e. The van der Waals surface area contributed by atoms with Crippen LogP contribution in [-0.2, 0) is 4.79 Å². The molecule has 3 rings (SSSR count). The number of thioether (sulfide) groups is 1. The molecule has 2 aromatic carbocycles. The molecule has 3 nitrogen and oxygen atoms in total. The molecule has 1 saturated heterocycles. The van der Waals surface area contributed by atoms with Gasteiger partial charge in [0.25, 0.3) is 5.91 Å². The predicted molar refractivity (Wildman–Crippen MR) is 105 cm³/mol. The molecule has 0 spiro atoms. The zero-order valence-corrected chi connectivity index (χ0v) is 15.3. The highest BCUT2D eigenvalue weighted by molar-refractivity contribution is 8.27. The predicted octanol–water partition coefficient (Wildman–Crippen LogP) is 4.72. The van der Waals surface area contributed by atoms with E-state index < -0.39 is 0 Å². The van der Waals surface area contributed by atoms with Gasteiger partial charge in [-0.25, -0.2) is 0 Å². The van der Waals surface area contributed by atoms with Crippen molar-refractivity contribution >= 4 is 46.0 Å². The van der Waals surface area contributed by atoms with Gasteiger partial charge < -0.3 is 4.74 Å². The van der Waals surface area contributed by atoms with E-state index in [2.05, 4.69) is 0 Å². The number of carbonyl (C=O) groups excluding carboxylic acids is 1. The van der Waals surface area contributed by atoms with Crippen LogP contribution in [0.5, 0.6) is 5.75 Å². The van der Waals surface area contributed by atoms with Gasteiger partial charge in [-0.05, 0) is 48.7 Å². The van der Waals surface area contributed by atoms with E-state index in [-0.39, 0.29) is 5.91 Å². The number of anilines is 1. The molecule has 1 aliphatic heterocycles. The van der Waals surface area contributed by atoms with Gasteiger partial charge >= 0.3 is 0 Å². The Balaban J connectivity index is 1.95. The van der Waals surface area contributed by atoms with Crippen LogP contribution in [0.1, 0.15) is 16.7 Å². The van der Waals surface area contributed by atoms with E-state index in [1.807, 2.05) is 62.4 Å². The van der Waals surface area contributed by atoms with Crippen LogP contribution in [0.4, 0.5) is 5.69 Å². The summed E-state index contributed by atoms with van der Waals surface area (Å²) in [6, 6.07) is 13.6. The SMILES string of the molecule is COc1ccc(/C=C2\SC(=S)N(c3c(C)cccc3C)C2=O)cc1. The highest BCUT2D eigenvalue weighted by Gasteiger charge is 2.34. The maximum absolute atomic E-state index is 12.9. The number of methoxy groups -OCH3 is 1. The molecule has 0 radical (unpaired) electrons. The first-order valence-electron chi connectivity index (χ1n) is 7.49. The molecule has 1 amide bonds. The number of nitrogens with zero attached hydrogens (tertiary/aromatic N) is 1. The average molecular weight is 355 g/mol. The second kappa shape index (κ2) is 6.79. The van der Waals surface area contributed by atoms with Gasteiger partial charge in [0.15, 0.2) is 4.32 Å². The zero-order chi connectivity index (χ0) is 17.3. The van der Waals surface area contributed by atoms with E-state index in [1.165, 1.54) is 11.8 Å². The van der Waals surface area contributed by atoms with E-state index >= 15 is 0 Å². The number of amides is 1. The first-order valence-corrected chi connectivity index (χ1v) is 8.72. The van der Waals surface area contributed by atoms with E-state index in [0.29, 0.717) is 9.23 Å². The summed E-state index contributed by atoms with van der Waals surface area (Å²) in [5.41, 5.74) is 3.91. The molecule has 0 saturated carbocycles. The number of benzene rings is 2. The Morgan fingerprint density at radius 2 is 1.71 bits per heavy atom. The van der Waals surface area contributed by atoms with E-state index in [4.69, 9.17) is 17.0 Å². The molecule has 2 aromatic rings. The molecule has 0 N–H and O–H groups in total. The number of rotatable bonds is 3. The van der Waals surface area contributed by atoms with Crippen molar-refractivity contribution in [2.45, 2.75) is 13.8 Å². The summed E-state index contributed by atoms with van der Waals surface area (Å²) < 4.78 is 5.72. The Kier molecular flexibility index (Phi) is 4.73. The molecule has 5 heteroatoms. The highest BCUT2D eigenvalue weighted by Crippen LogP contribution is 2.38. The highest BCUT2D eigenvalue weighted by atomic mass is 32.2. The summed E-state index contributed by atoms with van der Waals surface area (Å²) >= 11 is 6.80. The number of aryl methyl sites for hydroxylation is 2. The molecular weight excluding hydrogens is 338 g/mol. The van der Waals surface area contributed by atoms with Crippen molar-refractivity contribution in [3.8, 4) is 5.75 Å². The molecule has 1 heterocycles. The van der Waals surface area contributed by atoms with Gasteiger partial charge in [0.2, 0.25) is 0 Å². The van der Waals surface area contributed by atoms with E-state index in [9.17, 15) is 4.79 Å². The maximum atomic E-state index is 12.9. The number of ether oxygens (including phenoxy) is 1. The molecular formula is C19H17NO2S2. The number of hydrogen-bond donors (Lipinski definition) is 0. The lowest BCUT2D eigenvalue weighted by Crippen LogP contribution is -2.29. The third kappa shape index (κ3) is 3.09.